The molecule has 0 saturated heterocycles. The molecule has 0 aliphatic carbocycles. The van der Waals surface area contributed by atoms with E-state index in [2.05, 4.69) is 4.98 Å². The Hall–Kier alpha value is -1.65. The van der Waals surface area contributed by atoms with Crippen LogP contribution in [0.4, 0.5) is 10.1 Å². The fraction of sp³-hybridized carbons (Fsp3) is 0. The van der Waals surface area contributed by atoms with Crippen LogP contribution in [-0.2, 0) is 0 Å². The molecule has 2 N–H and O–H groups in total. The summed E-state index contributed by atoms with van der Waals surface area (Å²) in [4.78, 5) is 4.38. The molecule has 0 bridgehead atoms. The van der Waals surface area contributed by atoms with E-state index in [1.165, 1.54) is 23.5 Å². The van der Waals surface area contributed by atoms with Gasteiger partial charge in [0.15, 0.2) is 0 Å². The zero-order valence-electron chi connectivity index (χ0n) is 9.15. The molecule has 3 aromatic rings. The summed E-state index contributed by atoms with van der Waals surface area (Å²) in [5.74, 6) is -0.334. The first-order valence-corrected chi connectivity index (χ1v) is 6.45. The number of hydrogen-bond acceptors (Lipinski definition) is 3. The predicted octanol–water partition coefficient (Wildman–Crippen LogP) is 4.34. The maximum atomic E-state index is 13.8. The lowest BCUT2D eigenvalue weighted by molar-refractivity contribution is 0.631. The van der Waals surface area contributed by atoms with Crippen molar-refractivity contribution in [2.24, 2.45) is 0 Å². The Morgan fingerprint density at radius 3 is 2.83 bits per heavy atom. The van der Waals surface area contributed by atoms with Crippen LogP contribution in [0.15, 0.2) is 36.4 Å². The standard InChI is InChI=1S/C13H8ClFN2S/c14-9-2-1-3-11-12(9)18-13(17-11)8-6-7(16)4-5-10(8)15/h1-6H,16H2. The van der Waals surface area contributed by atoms with E-state index in [1.807, 2.05) is 12.1 Å². The van der Waals surface area contributed by atoms with Crippen molar-refractivity contribution < 1.29 is 4.39 Å². The molecule has 2 nitrogen and oxygen atoms in total. The predicted molar refractivity (Wildman–Crippen MR) is 74.4 cm³/mol. The average Bonchev–Trinajstić information content (AvgIpc) is 2.77. The van der Waals surface area contributed by atoms with Crippen LogP contribution in [0.3, 0.4) is 0 Å². The molecule has 0 radical (unpaired) electrons. The van der Waals surface area contributed by atoms with Crippen molar-refractivity contribution >= 4 is 38.8 Å². The first-order valence-electron chi connectivity index (χ1n) is 5.25. The quantitative estimate of drug-likeness (QED) is 0.673. The van der Waals surface area contributed by atoms with Crippen molar-refractivity contribution in [2.75, 3.05) is 5.73 Å². The average molecular weight is 279 g/mol. The second-order valence-corrected chi connectivity index (χ2v) is 5.25. The molecule has 5 heteroatoms. The van der Waals surface area contributed by atoms with Gasteiger partial charge in [-0.1, -0.05) is 17.7 Å². The molecule has 18 heavy (non-hydrogen) atoms. The Bertz CT molecular complexity index is 739. The molecule has 3 rings (SSSR count). The van der Waals surface area contributed by atoms with Crippen LogP contribution >= 0.6 is 22.9 Å². The number of thiazole rings is 1. The first-order chi connectivity index (χ1) is 8.65. The first kappa shape index (κ1) is 11.4. The monoisotopic (exact) mass is 278 g/mol. The Balaban J connectivity index is 2.26. The number of halogens is 2. The molecule has 0 atom stereocenters. The van der Waals surface area contributed by atoms with E-state index in [0.29, 0.717) is 21.3 Å². The largest absolute Gasteiger partial charge is 0.399 e. The fourth-order valence-corrected chi connectivity index (χ4v) is 3.01. The minimum absolute atomic E-state index is 0.334. The third-order valence-corrected chi connectivity index (χ3v) is 4.15. The summed E-state index contributed by atoms with van der Waals surface area (Å²) in [6.07, 6.45) is 0. The van der Waals surface area contributed by atoms with Crippen LogP contribution in [0, 0.1) is 5.82 Å². The minimum Gasteiger partial charge on any atom is -0.399 e. The number of fused-ring (bicyclic) bond motifs is 1. The van der Waals surface area contributed by atoms with Gasteiger partial charge in [-0.3, -0.25) is 0 Å². The van der Waals surface area contributed by atoms with Gasteiger partial charge >= 0.3 is 0 Å². The molecule has 0 unspecified atom stereocenters. The number of nitrogens with zero attached hydrogens (tertiary/aromatic N) is 1. The second-order valence-electron chi connectivity index (χ2n) is 3.85. The summed E-state index contributed by atoms with van der Waals surface area (Å²) in [7, 11) is 0. The summed E-state index contributed by atoms with van der Waals surface area (Å²) in [5, 5.41) is 1.21. The molecule has 1 heterocycles. The van der Waals surface area contributed by atoms with Crippen LogP contribution < -0.4 is 5.73 Å². The Labute approximate surface area is 112 Å². The van der Waals surface area contributed by atoms with Crippen LogP contribution in [0.5, 0.6) is 0 Å². The normalized spacial score (nSPS) is 11.0. The summed E-state index contributed by atoms with van der Waals surface area (Å²) in [6.45, 7) is 0. The van der Waals surface area contributed by atoms with Crippen molar-refractivity contribution in [1.82, 2.24) is 4.98 Å². The van der Waals surface area contributed by atoms with Gasteiger partial charge in [0, 0.05) is 11.3 Å². The van der Waals surface area contributed by atoms with E-state index < -0.39 is 0 Å². The molecule has 0 aliphatic heterocycles. The van der Waals surface area contributed by atoms with Crippen molar-refractivity contribution in [2.45, 2.75) is 0 Å². The van der Waals surface area contributed by atoms with Crippen LogP contribution in [0.2, 0.25) is 5.02 Å². The number of nitrogens with two attached hydrogens (primary N) is 1. The third-order valence-electron chi connectivity index (χ3n) is 2.59. The molecular weight excluding hydrogens is 271 g/mol. The van der Waals surface area contributed by atoms with E-state index in [0.717, 1.165) is 10.2 Å². The van der Waals surface area contributed by atoms with Gasteiger partial charge in [-0.05, 0) is 30.3 Å². The maximum absolute atomic E-state index is 13.8. The number of anilines is 1. The Morgan fingerprint density at radius 1 is 1.22 bits per heavy atom. The van der Waals surface area contributed by atoms with Gasteiger partial charge in [-0.15, -0.1) is 11.3 Å². The molecule has 2 aromatic carbocycles. The number of nitrogen functional groups attached to an aromatic ring is 1. The maximum Gasteiger partial charge on any atom is 0.133 e. The van der Waals surface area contributed by atoms with E-state index >= 15 is 0 Å². The van der Waals surface area contributed by atoms with Crippen molar-refractivity contribution in [3.63, 3.8) is 0 Å². The molecule has 0 aliphatic rings. The molecule has 0 spiro atoms. The smallest absolute Gasteiger partial charge is 0.133 e. The second kappa shape index (κ2) is 4.23. The summed E-state index contributed by atoms with van der Waals surface area (Å²) in [5.41, 5.74) is 7.36. The zero-order valence-corrected chi connectivity index (χ0v) is 10.7. The Morgan fingerprint density at radius 2 is 2.06 bits per heavy atom. The summed E-state index contributed by atoms with van der Waals surface area (Å²) < 4.78 is 14.6. The lowest BCUT2D eigenvalue weighted by atomic mass is 10.2. The van der Waals surface area contributed by atoms with E-state index in [4.69, 9.17) is 17.3 Å². The highest BCUT2D eigenvalue weighted by Crippen LogP contribution is 2.35. The van der Waals surface area contributed by atoms with Gasteiger partial charge in [0.25, 0.3) is 0 Å². The molecule has 0 fully saturated rings. The van der Waals surface area contributed by atoms with E-state index in [1.54, 1.807) is 12.1 Å². The summed E-state index contributed by atoms with van der Waals surface area (Å²) in [6, 6.07) is 9.93. The van der Waals surface area contributed by atoms with Crippen molar-refractivity contribution in [3.05, 3.63) is 47.2 Å². The molecule has 0 amide bonds. The van der Waals surface area contributed by atoms with Gasteiger partial charge in [-0.25, -0.2) is 9.37 Å². The van der Waals surface area contributed by atoms with Gasteiger partial charge in [0.05, 0.1) is 15.2 Å². The topological polar surface area (TPSA) is 38.9 Å². The zero-order chi connectivity index (χ0) is 12.7. The SMILES string of the molecule is Nc1ccc(F)c(-c2nc3cccc(Cl)c3s2)c1. The van der Waals surface area contributed by atoms with Crippen molar-refractivity contribution in [3.8, 4) is 10.6 Å². The highest BCUT2D eigenvalue weighted by atomic mass is 35.5. The van der Waals surface area contributed by atoms with Gasteiger partial charge in [-0.2, -0.15) is 0 Å². The third kappa shape index (κ3) is 1.83. The molecule has 0 saturated carbocycles. The lowest BCUT2D eigenvalue weighted by Crippen LogP contribution is -1.88. The van der Waals surface area contributed by atoms with Crippen LogP contribution in [-0.4, -0.2) is 4.98 Å². The fourth-order valence-electron chi connectivity index (χ4n) is 1.74. The minimum atomic E-state index is -0.334. The lowest BCUT2D eigenvalue weighted by Gasteiger charge is -1.99. The molecular formula is C13H8ClFN2S. The Kier molecular flexibility index (Phi) is 2.69. The number of hydrogen-bond donors (Lipinski definition) is 1. The van der Waals surface area contributed by atoms with Crippen molar-refractivity contribution in [1.29, 1.82) is 0 Å². The van der Waals surface area contributed by atoms with E-state index in [9.17, 15) is 4.39 Å². The van der Waals surface area contributed by atoms with Crippen LogP contribution in [0.1, 0.15) is 0 Å². The van der Waals surface area contributed by atoms with Gasteiger partial charge in [0.2, 0.25) is 0 Å². The molecule has 90 valence electrons. The van der Waals surface area contributed by atoms with Gasteiger partial charge < -0.3 is 5.73 Å². The van der Waals surface area contributed by atoms with Gasteiger partial charge in [0.1, 0.15) is 10.8 Å². The summed E-state index contributed by atoms with van der Waals surface area (Å²) >= 11 is 7.44. The number of aromatic nitrogens is 1. The van der Waals surface area contributed by atoms with E-state index in [-0.39, 0.29) is 5.82 Å². The number of benzene rings is 2. The highest BCUT2D eigenvalue weighted by Gasteiger charge is 2.12. The highest BCUT2D eigenvalue weighted by molar-refractivity contribution is 7.22. The van der Waals surface area contributed by atoms with Crippen LogP contribution in [0.25, 0.3) is 20.8 Å². The molecule has 1 aromatic heterocycles. The number of rotatable bonds is 1.